The first-order chi connectivity index (χ1) is 11.9. The lowest BCUT2D eigenvalue weighted by Crippen LogP contribution is -2.27. The smallest absolute Gasteiger partial charge is 0.298 e. The third-order valence-corrected chi connectivity index (χ3v) is 4.82. The van der Waals surface area contributed by atoms with Crippen molar-refractivity contribution in [3.05, 3.63) is 63.8 Å². The Morgan fingerprint density at radius 1 is 1.12 bits per heavy atom. The molecule has 3 rings (SSSR count). The summed E-state index contributed by atoms with van der Waals surface area (Å²) in [5.41, 5.74) is 2.10. The number of amides is 2. The first-order valence-corrected chi connectivity index (χ1v) is 8.56. The molecular formula is C18H14ClFN2O2S. The van der Waals surface area contributed by atoms with Crippen LogP contribution in [-0.4, -0.2) is 25.2 Å². The van der Waals surface area contributed by atoms with Crippen LogP contribution in [0.1, 0.15) is 5.56 Å². The molecule has 0 unspecified atom stereocenters. The summed E-state index contributed by atoms with van der Waals surface area (Å²) >= 11 is 6.59. The van der Waals surface area contributed by atoms with E-state index in [4.69, 9.17) is 11.6 Å². The van der Waals surface area contributed by atoms with Crippen molar-refractivity contribution in [1.82, 2.24) is 0 Å². The zero-order chi connectivity index (χ0) is 18.1. The Labute approximate surface area is 153 Å². The van der Waals surface area contributed by atoms with E-state index >= 15 is 0 Å². The summed E-state index contributed by atoms with van der Waals surface area (Å²) in [5.74, 6) is -1.05. The molecule has 1 saturated heterocycles. The molecule has 25 heavy (non-hydrogen) atoms. The molecule has 2 amide bonds. The van der Waals surface area contributed by atoms with E-state index in [9.17, 15) is 14.0 Å². The van der Waals surface area contributed by atoms with Crippen molar-refractivity contribution in [2.24, 2.45) is 0 Å². The molecule has 0 spiro atoms. The Hall–Kier alpha value is -2.31. The van der Waals surface area contributed by atoms with Crippen LogP contribution in [0.2, 0.25) is 5.02 Å². The highest BCUT2D eigenvalue weighted by atomic mass is 35.5. The van der Waals surface area contributed by atoms with Crippen LogP contribution >= 0.6 is 23.4 Å². The van der Waals surface area contributed by atoms with E-state index in [2.05, 4.69) is 0 Å². The van der Waals surface area contributed by atoms with E-state index in [1.807, 2.05) is 43.3 Å². The highest BCUT2D eigenvalue weighted by molar-refractivity contribution is 8.19. The Balaban J connectivity index is 1.88. The van der Waals surface area contributed by atoms with Gasteiger partial charge in [-0.15, -0.1) is 0 Å². The van der Waals surface area contributed by atoms with Gasteiger partial charge in [0, 0.05) is 19.8 Å². The Morgan fingerprint density at radius 3 is 2.40 bits per heavy atom. The average molecular weight is 377 g/mol. The highest BCUT2D eigenvalue weighted by Gasteiger charge is 2.36. The van der Waals surface area contributed by atoms with Gasteiger partial charge in [0.25, 0.3) is 11.1 Å². The summed E-state index contributed by atoms with van der Waals surface area (Å²) in [5, 5.41) is -0.580. The van der Waals surface area contributed by atoms with Crippen molar-refractivity contribution in [2.45, 2.75) is 0 Å². The van der Waals surface area contributed by atoms with Gasteiger partial charge in [0.05, 0.1) is 15.6 Å². The predicted molar refractivity (Wildman–Crippen MR) is 101 cm³/mol. The lowest BCUT2D eigenvalue weighted by atomic mass is 10.2. The Kier molecular flexibility index (Phi) is 4.83. The number of anilines is 2. The fourth-order valence-corrected chi connectivity index (χ4v) is 3.35. The third-order valence-electron chi connectivity index (χ3n) is 3.66. The van der Waals surface area contributed by atoms with E-state index in [1.165, 1.54) is 12.1 Å². The molecule has 128 valence electrons. The number of thioether (sulfide) groups is 1. The Bertz CT molecular complexity index is 881. The molecule has 0 bridgehead atoms. The monoisotopic (exact) mass is 376 g/mol. The number of hydrogen-bond acceptors (Lipinski definition) is 4. The van der Waals surface area contributed by atoms with E-state index in [-0.39, 0.29) is 10.7 Å². The summed E-state index contributed by atoms with van der Waals surface area (Å²) in [4.78, 5) is 28.0. The van der Waals surface area contributed by atoms with Gasteiger partial charge in [0.2, 0.25) is 0 Å². The standard InChI is InChI=1S/C18H14ClFN2O2S/c1-21(2)12-5-3-11(4-6-12)9-16-17(23)22(18(24)25-16)13-7-8-15(20)14(19)10-13/h3-10H,1-2H3/b16-9-. The van der Waals surface area contributed by atoms with Gasteiger partial charge in [-0.1, -0.05) is 23.7 Å². The largest absolute Gasteiger partial charge is 0.378 e. The molecule has 0 radical (unpaired) electrons. The van der Waals surface area contributed by atoms with Gasteiger partial charge in [-0.25, -0.2) is 9.29 Å². The van der Waals surface area contributed by atoms with Crippen molar-refractivity contribution in [1.29, 1.82) is 0 Å². The van der Waals surface area contributed by atoms with Crippen molar-refractivity contribution in [3.63, 3.8) is 0 Å². The molecule has 1 heterocycles. The fraction of sp³-hybridized carbons (Fsp3) is 0.111. The zero-order valence-corrected chi connectivity index (χ0v) is 15.1. The number of hydrogen-bond donors (Lipinski definition) is 0. The molecule has 0 saturated carbocycles. The fourth-order valence-electron chi connectivity index (χ4n) is 2.33. The topological polar surface area (TPSA) is 40.6 Å². The summed E-state index contributed by atoms with van der Waals surface area (Å²) in [6.45, 7) is 0. The van der Waals surface area contributed by atoms with Gasteiger partial charge in [0.1, 0.15) is 5.82 Å². The van der Waals surface area contributed by atoms with Crippen LogP contribution in [0.5, 0.6) is 0 Å². The van der Waals surface area contributed by atoms with E-state index in [0.717, 1.165) is 34.0 Å². The maximum absolute atomic E-state index is 13.3. The van der Waals surface area contributed by atoms with Crippen molar-refractivity contribution in [2.75, 3.05) is 23.9 Å². The lowest BCUT2D eigenvalue weighted by Gasteiger charge is -2.13. The minimum Gasteiger partial charge on any atom is -0.378 e. The van der Waals surface area contributed by atoms with Crippen LogP contribution in [0.15, 0.2) is 47.4 Å². The maximum atomic E-state index is 13.3. The number of benzene rings is 2. The summed E-state index contributed by atoms with van der Waals surface area (Å²) in [6, 6.07) is 11.3. The van der Waals surface area contributed by atoms with Gasteiger partial charge >= 0.3 is 0 Å². The van der Waals surface area contributed by atoms with Crippen LogP contribution in [0.4, 0.5) is 20.6 Å². The van der Waals surface area contributed by atoms with Gasteiger partial charge in [-0.3, -0.25) is 9.59 Å². The van der Waals surface area contributed by atoms with Gasteiger partial charge in [0.15, 0.2) is 0 Å². The van der Waals surface area contributed by atoms with Crippen molar-refractivity contribution >= 4 is 52.0 Å². The van der Waals surface area contributed by atoms with E-state index in [1.54, 1.807) is 6.08 Å². The molecule has 0 N–H and O–H groups in total. The third kappa shape index (κ3) is 3.55. The quantitative estimate of drug-likeness (QED) is 0.722. The number of carbonyl (C=O) groups is 2. The van der Waals surface area contributed by atoms with Crippen molar-refractivity contribution < 1.29 is 14.0 Å². The molecule has 2 aromatic carbocycles. The molecule has 0 atom stereocenters. The number of rotatable bonds is 3. The molecule has 1 fully saturated rings. The van der Waals surface area contributed by atoms with E-state index in [0.29, 0.717) is 4.91 Å². The van der Waals surface area contributed by atoms with Gasteiger partial charge in [-0.05, 0) is 53.7 Å². The van der Waals surface area contributed by atoms with Crippen LogP contribution in [-0.2, 0) is 4.79 Å². The summed E-state index contributed by atoms with van der Waals surface area (Å²) in [7, 11) is 3.88. The lowest BCUT2D eigenvalue weighted by molar-refractivity contribution is -0.113. The normalized spacial score (nSPS) is 16.0. The number of nitrogens with zero attached hydrogens (tertiary/aromatic N) is 2. The molecular weight excluding hydrogens is 363 g/mol. The predicted octanol–water partition coefficient (Wildman–Crippen LogP) is 4.79. The van der Waals surface area contributed by atoms with Crippen LogP contribution in [0.3, 0.4) is 0 Å². The van der Waals surface area contributed by atoms with Crippen LogP contribution < -0.4 is 9.80 Å². The van der Waals surface area contributed by atoms with Crippen molar-refractivity contribution in [3.8, 4) is 0 Å². The van der Waals surface area contributed by atoms with E-state index < -0.39 is 17.0 Å². The second kappa shape index (κ2) is 6.90. The number of imide groups is 1. The number of halogens is 2. The minimum absolute atomic E-state index is 0.139. The highest BCUT2D eigenvalue weighted by Crippen LogP contribution is 2.36. The van der Waals surface area contributed by atoms with Gasteiger partial charge < -0.3 is 4.90 Å². The summed E-state index contributed by atoms with van der Waals surface area (Å²) in [6.07, 6.45) is 1.66. The molecule has 7 heteroatoms. The molecule has 0 aromatic heterocycles. The summed E-state index contributed by atoms with van der Waals surface area (Å²) < 4.78 is 13.3. The second-order valence-corrected chi connectivity index (χ2v) is 7.00. The first-order valence-electron chi connectivity index (χ1n) is 7.37. The molecule has 1 aliphatic rings. The minimum atomic E-state index is -0.603. The zero-order valence-electron chi connectivity index (χ0n) is 13.5. The van der Waals surface area contributed by atoms with Gasteiger partial charge in [-0.2, -0.15) is 0 Å². The Morgan fingerprint density at radius 2 is 1.80 bits per heavy atom. The van der Waals surface area contributed by atoms with Crippen LogP contribution in [0, 0.1) is 5.82 Å². The average Bonchev–Trinajstić information content (AvgIpc) is 2.85. The molecule has 4 nitrogen and oxygen atoms in total. The molecule has 1 aliphatic heterocycles. The first kappa shape index (κ1) is 17.5. The number of carbonyl (C=O) groups excluding carboxylic acids is 2. The molecule has 2 aromatic rings. The maximum Gasteiger partial charge on any atom is 0.298 e. The second-order valence-electron chi connectivity index (χ2n) is 5.60. The molecule has 0 aliphatic carbocycles. The SMILES string of the molecule is CN(C)c1ccc(/C=C2\SC(=O)N(c3ccc(F)c(Cl)c3)C2=O)cc1. The van der Waals surface area contributed by atoms with Crippen LogP contribution in [0.25, 0.3) is 6.08 Å².